The molecule has 2 aliphatic rings. The Hall–Kier alpha value is -1.97. The predicted octanol–water partition coefficient (Wildman–Crippen LogP) is 2.25. The molecule has 0 N–H and O–H groups in total. The highest BCUT2D eigenvalue weighted by atomic mass is 16.5. The van der Waals surface area contributed by atoms with Gasteiger partial charge < -0.3 is 14.4 Å². The standard InChI is InChI=1S/C15H17NO3/c1-18-12-4-5-13-14(8-12)19-10-11(15(13)17)9-16-6-2-3-7-16/h4-5,8-9H,2-3,6-7,10H2,1H3/b11-9+. The molecule has 0 aromatic heterocycles. The van der Waals surface area contributed by atoms with Gasteiger partial charge in [0.25, 0.3) is 0 Å². The highest BCUT2D eigenvalue weighted by Gasteiger charge is 2.24. The SMILES string of the molecule is COc1ccc2c(c1)OC/C(=C\N1CCCC1)C2=O. The molecule has 2 heterocycles. The summed E-state index contributed by atoms with van der Waals surface area (Å²) in [4.78, 5) is 14.6. The highest BCUT2D eigenvalue weighted by molar-refractivity contribution is 6.11. The summed E-state index contributed by atoms with van der Waals surface area (Å²) in [7, 11) is 1.60. The molecule has 1 aromatic carbocycles. The second-order valence-corrected chi connectivity index (χ2v) is 4.88. The van der Waals surface area contributed by atoms with Gasteiger partial charge >= 0.3 is 0 Å². The molecule has 1 saturated heterocycles. The van der Waals surface area contributed by atoms with Gasteiger partial charge in [0.05, 0.1) is 18.2 Å². The van der Waals surface area contributed by atoms with Crippen LogP contribution in [-0.4, -0.2) is 37.5 Å². The zero-order valence-corrected chi connectivity index (χ0v) is 11.0. The van der Waals surface area contributed by atoms with E-state index in [9.17, 15) is 4.79 Å². The average molecular weight is 259 g/mol. The van der Waals surface area contributed by atoms with Gasteiger partial charge in [0.2, 0.25) is 0 Å². The van der Waals surface area contributed by atoms with E-state index < -0.39 is 0 Å². The van der Waals surface area contributed by atoms with Crippen molar-refractivity contribution in [1.82, 2.24) is 4.90 Å². The zero-order chi connectivity index (χ0) is 13.2. The number of hydrogen-bond acceptors (Lipinski definition) is 4. The molecule has 3 rings (SSSR count). The predicted molar refractivity (Wildman–Crippen MR) is 71.7 cm³/mol. The molecule has 100 valence electrons. The van der Waals surface area contributed by atoms with E-state index >= 15 is 0 Å². The molecule has 0 bridgehead atoms. The molecule has 0 radical (unpaired) electrons. The third-order valence-electron chi connectivity index (χ3n) is 3.59. The number of Topliss-reactive ketones (excluding diaryl/α,β-unsaturated/α-hetero) is 1. The van der Waals surface area contributed by atoms with Crippen LogP contribution in [0.25, 0.3) is 0 Å². The minimum atomic E-state index is 0.0656. The summed E-state index contributed by atoms with van der Waals surface area (Å²) in [6, 6.07) is 5.33. The van der Waals surface area contributed by atoms with Crippen LogP contribution in [0.1, 0.15) is 23.2 Å². The molecule has 1 aromatic rings. The van der Waals surface area contributed by atoms with E-state index in [-0.39, 0.29) is 5.78 Å². The van der Waals surface area contributed by atoms with Crippen molar-refractivity contribution in [1.29, 1.82) is 0 Å². The zero-order valence-electron chi connectivity index (χ0n) is 11.0. The van der Waals surface area contributed by atoms with Crippen molar-refractivity contribution in [2.45, 2.75) is 12.8 Å². The van der Waals surface area contributed by atoms with E-state index in [1.165, 1.54) is 12.8 Å². The molecular weight excluding hydrogens is 242 g/mol. The smallest absolute Gasteiger partial charge is 0.197 e. The number of ether oxygens (including phenoxy) is 2. The lowest BCUT2D eigenvalue weighted by Gasteiger charge is -2.21. The minimum absolute atomic E-state index is 0.0656. The third-order valence-corrected chi connectivity index (χ3v) is 3.59. The summed E-state index contributed by atoms with van der Waals surface area (Å²) < 4.78 is 10.8. The Kier molecular flexibility index (Phi) is 3.15. The molecule has 0 unspecified atom stereocenters. The number of nitrogens with zero attached hydrogens (tertiary/aromatic N) is 1. The normalized spacial score (nSPS) is 20.4. The first kappa shape index (κ1) is 12.1. The number of carbonyl (C=O) groups is 1. The van der Waals surface area contributed by atoms with E-state index in [1.807, 2.05) is 6.20 Å². The lowest BCUT2D eigenvalue weighted by atomic mass is 10.0. The molecule has 0 atom stereocenters. The largest absolute Gasteiger partial charge is 0.497 e. The van der Waals surface area contributed by atoms with E-state index in [4.69, 9.17) is 9.47 Å². The Morgan fingerprint density at radius 2 is 2.11 bits per heavy atom. The minimum Gasteiger partial charge on any atom is -0.497 e. The van der Waals surface area contributed by atoms with Crippen LogP contribution >= 0.6 is 0 Å². The summed E-state index contributed by atoms with van der Waals surface area (Å²) in [6.45, 7) is 2.41. The topological polar surface area (TPSA) is 38.8 Å². The number of hydrogen-bond donors (Lipinski definition) is 0. The van der Waals surface area contributed by atoms with Gasteiger partial charge in [0, 0.05) is 25.4 Å². The molecule has 4 heteroatoms. The number of ketones is 1. The van der Waals surface area contributed by atoms with Crippen molar-refractivity contribution in [2.75, 3.05) is 26.8 Å². The van der Waals surface area contributed by atoms with Crippen LogP contribution in [0.2, 0.25) is 0 Å². The monoisotopic (exact) mass is 259 g/mol. The summed E-state index contributed by atoms with van der Waals surface area (Å²) >= 11 is 0. The highest BCUT2D eigenvalue weighted by Crippen LogP contribution is 2.31. The van der Waals surface area contributed by atoms with Crippen LogP contribution in [0.3, 0.4) is 0 Å². The number of likely N-dealkylation sites (tertiary alicyclic amines) is 1. The lowest BCUT2D eigenvalue weighted by Crippen LogP contribution is -2.23. The number of fused-ring (bicyclic) bond motifs is 1. The molecule has 19 heavy (non-hydrogen) atoms. The maximum absolute atomic E-state index is 12.4. The van der Waals surface area contributed by atoms with E-state index in [1.54, 1.807) is 25.3 Å². The van der Waals surface area contributed by atoms with Crippen LogP contribution in [0.15, 0.2) is 30.0 Å². The van der Waals surface area contributed by atoms with Crippen LogP contribution < -0.4 is 9.47 Å². The summed E-state index contributed by atoms with van der Waals surface area (Å²) in [5, 5.41) is 0. The molecule has 1 fully saturated rings. The van der Waals surface area contributed by atoms with Crippen LogP contribution in [0.4, 0.5) is 0 Å². The number of carbonyl (C=O) groups excluding carboxylic acids is 1. The van der Waals surface area contributed by atoms with Crippen molar-refractivity contribution in [3.05, 3.63) is 35.5 Å². The van der Waals surface area contributed by atoms with E-state index in [2.05, 4.69) is 4.90 Å². The Morgan fingerprint density at radius 3 is 2.84 bits per heavy atom. The first-order valence-corrected chi connectivity index (χ1v) is 6.58. The third kappa shape index (κ3) is 2.30. The first-order chi connectivity index (χ1) is 9.28. The summed E-state index contributed by atoms with van der Waals surface area (Å²) in [5.74, 6) is 1.39. The number of benzene rings is 1. The lowest BCUT2D eigenvalue weighted by molar-refractivity contribution is 0.0996. The van der Waals surface area contributed by atoms with Gasteiger partial charge in [-0.1, -0.05) is 0 Å². The van der Waals surface area contributed by atoms with Crippen LogP contribution in [0, 0.1) is 0 Å². The fraction of sp³-hybridized carbons (Fsp3) is 0.400. The molecule has 2 aliphatic heterocycles. The summed E-state index contributed by atoms with van der Waals surface area (Å²) in [5.41, 5.74) is 1.36. The number of rotatable bonds is 2. The molecule has 0 spiro atoms. The van der Waals surface area contributed by atoms with Gasteiger partial charge in [-0.15, -0.1) is 0 Å². The Labute approximate surface area is 112 Å². The first-order valence-electron chi connectivity index (χ1n) is 6.58. The van der Waals surface area contributed by atoms with Crippen LogP contribution in [-0.2, 0) is 0 Å². The second-order valence-electron chi connectivity index (χ2n) is 4.88. The fourth-order valence-electron chi connectivity index (χ4n) is 2.52. The van der Waals surface area contributed by atoms with Crippen molar-refractivity contribution in [2.24, 2.45) is 0 Å². The Balaban J connectivity index is 1.87. The number of methoxy groups -OCH3 is 1. The van der Waals surface area contributed by atoms with Gasteiger partial charge in [-0.3, -0.25) is 4.79 Å². The Morgan fingerprint density at radius 1 is 1.32 bits per heavy atom. The van der Waals surface area contributed by atoms with Gasteiger partial charge in [-0.2, -0.15) is 0 Å². The summed E-state index contributed by atoms with van der Waals surface area (Å²) in [6.07, 6.45) is 4.36. The van der Waals surface area contributed by atoms with Gasteiger partial charge in [-0.05, 0) is 25.0 Å². The molecule has 0 saturated carbocycles. The van der Waals surface area contributed by atoms with Crippen molar-refractivity contribution in [3.8, 4) is 11.5 Å². The molecule has 0 amide bonds. The Bertz CT molecular complexity index is 530. The maximum Gasteiger partial charge on any atom is 0.197 e. The molecule has 4 nitrogen and oxygen atoms in total. The van der Waals surface area contributed by atoms with Crippen molar-refractivity contribution >= 4 is 5.78 Å². The average Bonchev–Trinajstić information content (AvgIpc) is 2.94. The van der Waals surface area contributed by atoms with Crippen molar-refractivity contribution in [3.63, 3.8) is 0 Å². The van der Waals surface area contributed by atoms with Crippen molar-refractivity contribution < 1.29 is 14.3 Å². The quantitative estimate of drug-likeness (QED) is 0.764. The van der Waals surface area contributed by atoms with E-state index in [0.717, 1.165) is 18.7 Å². The van der Waals surface area contributed by atoms with Gasteiger partial charge in [0.15, 0.2) is 5.78 Å². The molecular formula is C15H17NO3. The maximum atomic E-state index is 12.4. The fourth-order valence-corrected chi connectivity index (χ4v) is 2.52. The van der Waals surface area contributed by atoms with Gasteiger partial charge in [-0.25, -0.2) is 0 Å². The van der Waals surface area contributed by atoms with Crippen LogP contribution in [0.5, 0.6) is 11.5 Å². The van der Waals surface area contributed by atoms with E-state index in [0.29, 0.717) is 23.7 Å². The molecule has 0 aliphatic carbocycles. The second kappa shape index (κ2) is 4.96. The van der Waals surface area contributed by atoms with Gasteiger partial charge in [0.1, 0.15) is 18.1 Å².